The normalized spacial score (nSPS) is 25.2. The van der Waals surface area contributed by atoms with Gasteiger partial charge in [0, 0.05) is 17.5 Å². The summed E-state index contributed by atoms with van der Waals surface area (Å²) in [5, 5.41) is 22.0. The van der Waals surface area contributed by atoms with Crippen LogP contribution in [0.2, 0.25) is 0 Å². The largest absolute Gasteiger partial charge is 0.387 e. The van der Waals surface area contributed by atoms with Crippen molar-refractivity contribution in [1.82, 2.24) is 4.90 Å². The van der Waals surface area contributed by atoms with E-state index in [2.05, 4.69) is 0 Å². The van der Waals surface area contributed by atoms with Crippen molar-refractivity contribution in [2.75, 3.05) is 6.54 Å². The van der Waals surface area contributed by atoms with E-state index in [1.54, 1.807) is 6.07 Å². The molecule has 0 radical (unpaired) electrons. The highest BCUT2D eigenvalue weighted by molar-refractivity contribution is 7.10. The van der Waals surface area contributed by atoms with Crippen LogP contribution in [-0.4, -0.2) is 45.1 Å². The molecule has 3 rings (SSSR count). The lowest BCUT2D eigenvalue weighted by Gasteiger charge is -2.43. The van der Waals surface area contributed by atoms with Crippen molar-refractivity contribution in [3.63, 3.8) is 0 Å². The monoisotopic (exact) mass is 345 g/mol. The Labute approximate surface area is 137 Å². The first-order chi connectivity index (χ1) is 10.8. The highest BCUT2D eigenvalue weighted by Crippen LogP contribution is 2.46. The van der Waals surface area contributed by atoms with Crippen molar-refractivity contribution < 1.29 is 23.8 Å². The zero-order valence-electron chi connectivity index (χ0n) is 12.8. The summed E-state index contributed by atoms with van der Waals surface area (Å²) >= 11 is 1.40. The Hall–Kier alpha value is -1.05. The zero-order chi connectivity index (χ0) is 16.7. The minimum Gasteiger partial charge on any atom is -0.387 e. The number of halogens is 2. The molecule has 0 aromatic carbocycles. The van der Waals surface area contributed by atoms with Gasteiger partial charge in [-0.3, -0.25) is 4.79 Å². The van der Waals surface area contributed by atoms with E-state index in [0.717, 1.165) is 9.78 Å². The van der Waals surface area contributed by atoms with Crippen LogP contribution in [-0.2, 0) is 4.79 Å². The maximum Gasteiger partial charge on any atom is 0.352 e. The topological polar surface area (TPSA) is 60.8 Å². The van der Waals surface area contributed by atoms with Gasteiger partial charge in [0.1, 0.15) is 5.60 Å². The quantitative estimate of drug-likeness (QED) is 0.863. The number of hydrogen-bond donors (Lipinski definition) is 2. The molecule has 2 aliphatic rings. The molecule has 1 aromatic rings. The molecule has 0 bridgehead atoms. The Balaban J connectivity index is 1.70. The fourth-order valence-corrected chi connectivity index (χ4v) is 4.13. The number of thiophene rings is 1. The summed E-state index contributed by atoms with van der Waals surface area (Å²) in [6, 6.07) is 3.21. The van der Waals surface area contributed by atoms with Crippen LogP contribution in [0.1, 0.15) is 49.5 Å². The first kappa shape index (κ1) is 16.8. The third-order valence-corrected chi connectivity index (χ3v) is 6.01. The highest BCUT2D eigenvalue weighted by Gasteiger charge is 2.63. The predicted molar refractivity (Wildman–Crippen MR) is 82.4 cm³/mol. The molecule has 7 heteroatoms. The molecule has 1 aliphatic carbocycles. The fraction of sp³-hybridized carbons (Fsp3) is 0.688. The summed E-state index contributed by atoms with van der Waals surface area (Å²) in [6.45, 7) is 0.256. The Morgan fingerprint density at radius 3 is 2.78 bits per heavy atom. The minimum absolute atomic E-state index is 0.0396. The Kier molecular flexibility index (Phi) is 4.46. The predicted octanol–water partition coefficient (Wildman–Crippen LogP) is 2.71. The number of likely N-dealkylation sites (tertiary alicyclic amines) is 1. The van der Waals surface area contributed by atoms with Gasteiger partial charge in [0.15, 0.2) is 0 Å². The number of aliphatic hydroxyl groups excluding tert-OH is 1. The van der Waals surface area contributed by atoms with E-state index in [0.29, 0.717) is 19.3 Å². The molecule has 128 valence electrons. The smallest absolute Gasteiger partial charge is 0.352 e. The van der Waals surface area contributed by atoms with Gasteiger partial charge < -0.3 is 15.1 Å². The molecule has 23 heavy (non-hydrogen) atoms. The SMILES string of the molecule is O=C(N1CCCC1CC(O)c1cccs1)C(F)(F)C1(O)CCC1. The number of hydrogen-bond acceptors (Lipinski definition) is 4. The maximum atomic E-state index is 14.4. The molecule has 2 N–H and O–H groups in total. The first-order valence-electron chi connectivity index (χ1n) is 7.98. The second-order valence-electron chi connectivity index (χ2n) is 6.52. The average Bonchev–Trinajstić information content (AvgIpc) is 3.14. The van der Waals surface area contributed by atoms with Gasteiger partial charge in [0.2, 0.25) is 0 Å². The van der Waals surface area contributed by atoms with Crippen LogP contribution in [0, 0.1) is 0 Å². The molecular weight excluding hydrogens is 324 g/mol. The molecule has 2 atom stereocenters. The lowest BCUT2D eigenvalue weighted by Crippen LogP contribution is -2.62. The van der Waals surface area contributed by atoms with Crippen LogP contribution in [0.25, 0.3) is 0 Å². The third kappa shape index (κ3) is 2.90. The summed E-state index contributed by atoms with van der Waals surface area (Å²) in [5.74, 6) is -5.04. The van der Waals surface area contributed by atoms with Crippen molar-refractivity contribution in [2.24, 2.45) is 0 Å². The van der Waals surface area contributed by atoms with Crippen molar-refractivity contribution in [3.8, 4) is 0 Å². The number of amides is 1. The zero-order valence-corrected chi connectivity index (χ0v) is 13.6. The minimum atomic E-state index is -3.75. The molecule has 1 saturated heterocycles. The van der Waals surface area contributed by atoms with Gasteiger partial charge in [-0.25, -0.2) is 0 Å². The van der Waals surface area contributed by atoms with Crippen molar-refractivity contribution in [1.29, 1.82) is 0 Å². The van der Waals surface area contributed by atoms with E-state index in [9.17, 15) is 23.8 Å². The fourth-order valence-electron chi connectivity index (χ4n) is 3.41. The standard InChI is InChI=1S/C16H21F2NO3S/c17-16(18,15(22)6-3-7-15)14(21)19-8-1-4-11(19)10-12(20)13-5-2-9-23-13/h2,5,9,11-12,20,22H,1,3-4,6-8,10H2. The van der Waals surface area contributed by atoms with E-state index in [4.69, 9.17) is 0 Å². The molecule has 1 aromatic heterocycles. The summed E-state index contributed by atoms with van der Waals surface area (Å²) in [4.78, 5) is 14.3. The maximum absolute atomic E-state index is 14.4. The molecule has 2 heterocycles. The molecule has 0 spiro atoms. The van der Waals surface area contributed by atoms with E-state index >= 15 is 0 Å². The number of rotatable bonds is 5. The number of carbonyl (C=O) groups excluding carboxylic acids is 1. The lowest BCUT2D eigenvalue weighted by atomic mass is 9.75. The van der Waals surface area contributed by atoms with Crippen LogP contribution < -0.4 is 0 Å². The van der Waals surface area contributed by atoms with Crippen LogP contribution in [0.15, 0.2) is 17.5 Å². The van der Waals surface area contributed by atoms with Crippen LogP contribution >= 0.6 is 11.3 Å². The number of aliphatic hydroxyl groups is 2. The summed E-state index contributed by atoms with van der Waals surface area (Å²) < 4.78 is 28.8. The molecular formula is C16H21F2NO3S. The van der Waals surface area contributed by atoms with Gasteiger partial charge in [0.05, 0.1) is 6.10 Å². The molecule has 2 fully saturated rings. The van der Waals surface area contributed by atoms with Crippen molar-refractivity contribution in [3.05, 3.63) is 22.4 Å². The summed E-state index contributed by atoms with van der Waals surface area (Å²) in [6.07, 6.45) is 1.17. The van der Waals surface area contributed by atoms with Crippen LogP contribution in [0.5, 0.6) is 0 Å². The van der Waals surface area contributed by atoms with Crippen LogP contribution in [0.4, 0.5) is 8.78 Å². The Bertz CT molecular complexity index is 560. The van der Waals surface area contributed by atoms with E-state index in [-0.39, 0.29) is 25.8 Å². The van der Waals surface area contributed by atoms with Crippen molar-refractivity contribution in [2.45, 2.75) is 62.2 Å². The molecule has 2 unspecified atom stereocenters. The van der Waals surface area contributed by atoms with E-state index in [1.807, 2.05) is 11.4 Å². The Morgan fingerprint density at radius 1 is 1.48 bits per heavy atom. The van der Waals surface area contributed by atoms with Gasteiger partial charge >= 0.3 is 5.92 Å². The molecule has 1 saturated carbocycles. The van der Waals surface area contributed by atoms with Crippen molar-refractivity contribution >= 4 is 17.2 Å². The summed E-state index contributed by atoms with van der Waals surface area (Å²) in [5.41, 5.74) is -2.19. The number of carbonyl (C=O) groups is 1. The van der Waals surface area contributed by atoms with Gasteiger partial charge in [0.25, 0.3) is 5.91 Å². The van der Waals surface area contributed by atoms with Gasteiger partial charge in [-0.05, 0) is 50.0 Å². The average molecular weight is 345 g/mol. The van der Waals surface area contributed by atoms with Gasteiger partial charge in [-0.1, -0.05) is 6.07 Å². The second kappa shape index (κ2) is 6.11. The van der Waals surface area contributed by atoms with E-state index < -0.39 is 29.6 Å². The van der Waals surface area contributed by atoms with Gasteiger partial charge in [-0.15, -0.1) is 11.3 Å². The third-order valence-electron chi connectivity index (χ3n) is 5.04. The molecule has 4 nitrogen and oxygen atoms in total. The highest BCUT2D eigenvalue weighted by atomic mass is 32.1. The van der Waals surface area contributed by atoms with E-state index in [1.165, 1.54) is 11.3 Å². The Morgan fingerprint density at radius 2 is 2.22 bits per heavy atom. The second-order valence-corrected chi connectivity index (χ2v) is 7.50. The molecule has 1 aliphatic heterocycles. The number of alkyl halides is 2. The summed E-state index contributed by atoms with van der Waals surface area (Å²) in [7, 11) is 0. The first-order valence-corrected chi connectivity index (χ1v) is 8.86. The lowest BCUT2D eigenvalue weighted by molar-refractivity contribution is -0.224. The molecule has 1 amide bonds. The number of nitrogens with zero attached hydrogens (tertiary/aromatic N) is 1. The van der Waals surface area contributed by atoms with Gasteiger partial charge in [-0.2, -0.15) is 8.78 Å². The van der Waals surface area contributed by atoms with Crippen LogP contribution in [0.3, 0.4) is 0 Å².